The maximum absolute atomic E-state index is 11.0. The molecule has 0 radical (unpaired) electrons. The molecule has 0 saturated heterocycles. The summed E-state index contributed by atoms with van der Waals surface area (Å²) in [4.78, 5) is 14.6. The van der Waals surface area contributed by atoms with Crippen LogP contribution < -0.4 is 10.1 Å². The first-order valence-corrected chi connectivity index (χ1v) is 6.30. The monoisotopic (exact) mass is 289 g/mol. The van der Waals surface area contributed by atoms with Crippen LogP contribution in [0.15, 0.2) is 36.4 Å². The Balaban J connectivity index is 2.26. The Hall–Kier alpha value is -2.67. The number of nitrogens with one attached hydrogen (secondary N) is 1. The molecule has 1 aromatic carbocycles. The summed E-state index contributed by atoms with van der Waals surface area (Å²) in [6.45, 7) is 0.0791. The number of aromatic nitrogens is 1. The van der Waals surface area contributed by atoms with E-state index in [1.807, 2.05) is 12.1 Å². The lowest BCUT2D eigenvalue weighted by molar-refractivity contribution is -0.384. The van der Waals surface area contributed by atoms with E-state index in [-0.39, 0.29) is 18.1 Å². The second-order valence-corrected chi connectivity index (χ2v) is 4.27. The Morgan fingerprint density at radius 3 is 2.57 bits per heavy atom. The predicted molar refractivity (Wildman–Crippen MR) is 78.0 cm³/mol. The van der Waals surface area contributed by atoms with E-state index in [0.717, 1.165) is 5.56 Å². The third-order valence-electron chi connectivity index (χ3n) is 2.87. The number of aliphatic hydroxyl groups excluding tert-OH is 1. The molecule has 2 rings (SSSR count). The Morgan fingerprint density at radius 2 is 2.00 bits per heavy atom. The number of aliphatic hydroxyl groups is 1. The molecule has 0 fully saturated rings. The van der Waals surface area contributed by atoms with Gasteiger partial charge in [-0.3, -0.25) is 10.1 Å². The highest BCUT2D eigenvalue weighted by atomic mass is 16.6. The summed E-state index contributed by atoms with van der Waals surface area (Å²) in [6.07, 6.45) is 0.567. The fraction of sp³-hybridized carbons (Fsp3) is 0.214. The van der Waals surface area contributed by atoms with E-state index in [9.17, 15) is 10.1 Å². The number of pyridine rings is 1. The van der Waals surface area contributed by atoms with E-state index >= 15 is 0 Å². The lowest BCUT2D eigenvalue weighted by atomic mass is 10.1. The Kier molecular flexibility index (Phi) is 4.68. The second kappa shape index (κ2) is 6.67. The lowest BCUT2D eigenvalue weighted by Gasteiger charge is -2.08. The Morgan fingerprint density at radius 1 is 1.29 bits per heavy atom. The van der Waals surface area contributed by atoms with Gasteiger partial charge in [0.15, 0.2) is 0 Å². The molecule has 0 amide bonds. The van der Waals surface area contributed by atoms with Crippen LogP contribution in [0.4, 0.5) is 17.2 Å². The van der Waals surface area contributed by atoms with Gasteiger partial charge in [0.25, 0.3) is 0 Å². The van der Waals surface area contributed by atoms with Crippen molar-refractivity contribution in [3.8, 4) is 5.88 Å². The fourth-order valence-electron chi connectivity index (χ4n) is 1.81. The van der Waals surface area contributed by atoms with Gasteiger partial charge in [0, 0.05) is 24.4 Å². The molecule has 2 aromatic rings. The largest absolute Gasteiger partial charge is 0.481 e. The average molecular weight is 289 g/mol. The molecule has 110 valence electrons. The third-order valence-corrected chi connectivity index (χ3v) is 2.87. The summed E-state index contributed by atoms with van der Waals surface area (Å²) in [5.74, 6) is 0.411. The highest BCUT2D eigenvalue weighted by molar-refractivity contribution is 5.66. The Bertz CT molecular complexity index is 629. The van der Waals surface area contributed by atoms with Crippen molar-refractivity contribution in [3.63, 3.8) is 0 Å². The smallest absolute Gasteiger partial charge is 0.311 e. The molecule has 0 spiro atoms. The topological polar surface area (TPSA) is 97.5 Å². The minimum Gasteiger partial charge on any atom is -0.481 e. The standard InChI is InChI=1S/C14H15N3O4/c1-21-13-7-6-12(17(19)20)14(16-13)15-11-4-2-10(3-5-11)8-9-18/h2-7,18H,8-9H2,1H3,(H,15,16). The van der Waals surface area contributed by atoms with E-state index < -0.39 is 4.92 Å². The number of hydrogen-bond donors (Lipinski definition) is 2. The fourth-order valence-corrected chi connectivity index (χ4v) is 1.81. The van der Waals surface area contributed by atoms with Gasteiger partial charge in [0.2, 0.25) is 11.7 Å². The van der Waals surface area contributed by atoms with E-state index in [0.29, 0.717) is 18.0 Å². The van der Waals surface area contributed by atoms with Gasteiger partial charge in [0.1, 0.15) is 0 Å². The van der Waals surface area contributed by atoms with Crippen LogP contribution >= 0.6 is 0 Å². The molecule has 2 N–H and O–H groups in total. The summed E-state index contributed by atoms with van der Waals surface area (Å²) in [5.41, 5.74) is 1.52. The second-order valence-electron chi connectivity index (χ2n) is 4.27. The van der Waals surface area contributed by atoms with Gasteiger partial charge in [-0.25, -0.2) is 0 Å². The molecule has 0 aliphatic heterocycles. The van der Waals surface area contributed by atoms with Gasteiger partial charge in [-0.2, -0.15) is 4.98 Å². The molecule has 0 unspecified atom stereocenters. The molecule has 1 aromatic heterocycles. The molecule has 1 heterocycles. The number of ether oxygens (including phenoxy) is 1. The molecule has 0 bridgehead atoms. The molecular weight excluding hydrogens is 274 g/mol. The summed E-state index contributed by atoms with van der Waals surface area (Å²) < 4.78 is 4.98. The van der Waals surface area contributed by atoms with E-state index in [2.05, 4.69) is 10.3 Å². The maximum Gasteiger partial charge on any atom is 0.311 e. The number of rotatable bonds is 6. The SMILES string of the molecule is COc1ccc([N+](=O)[O-])c(Nc2ccc(CCO)cc2)n1. The summed E-state index contributed by atoms with van der Waals surface area (Å²) in [6, 6.07) is 10.0. The van der Waals surface area contributed by atoms with Crippen molar-refractivity contribution >= 4 is 17.2 Å². The number of methoxy groups -OCH3 is 1. The zero-order valence-corrected chi connectivity index (χ0v) is 11.4. The van der Waals surface area contributed by atoms with Crippen LogP contribution in [0.25, 0.3) is 0 Å². The minimum absolute atomic E-state index is 0.0791. The zero-order valence-electron chi connectivity index (χ0n) is 11.4. The van der Waals surface area contributed by atoms with Crippen LogP contribution in [0.3, 0.4) is 0 Å². The highest BCUT2D eigenvalue weighted by Gasteiger charge is 2.16. The van der Waals surface area contributed by atoms with Crippen LogP contribution in [-0.2, 0) is 6.42 Å². The summed E-state index contributed by atoms with van der Waals surface area (Å²) in [7, 11) is 1.45. The van der Waals surface area contributed by atoms with Gasteiger partial charge < -0.3 is 15.2 Å². The van der Waals surface area contributed by atoms with Crippen molar-refractivity contribution in [3.05, 3.63) is 52.1 Å². The number of hydrogen-bond acceptors (Lipinski definition) is 6. The summed E-state index contributed by atoms with van der Waals surface area (Å²) >= 11 is 0. The molecule has 0 atom stereocenters. The number of anilines is 2. The van der Waals surface area contributed by atoms with Crippen molar-refractivity contribution in [1.29, 1.82) is 0 Å². The first-order chi connectivity index (χ1) is 10.1. The number of benzene rings is 1. The molecule has 0 aliphatic rings. The predicted octanol–water partition coefficient (Wildman–Crippen LogP) is 2.28. The van der Waals surface area contributed by atoms with Gasteiger partial charge >= 0.3 is 5.69 Å². The zero-order chi connectivity index (χ0) is 15.2. The molecule has 0 saturated carbocycles. The molecule has 21 heavy (non-hydrogen) atoms. The van der Waals surface area contributed by atoms with Crippen molar-refractivity contribution < 1.29 is 14.8 Å². The van der Waals surface area contributed by atoms with Gasteiger partial charge in [-0.15, -0.1) is 0 Å². The first-order valence-electron chi connectivity index (χ1n) is 6.30. The Labute approximate surface area is 121 Å². The van der Waals surface area contributed by atoms with Crippen molar-refractivity contribution in [2.24, 2.45) is 0 Å². The quantitative estimate of drug-likeness (QED) is 0.625. The first kappa shape index (κ1) is 14.7. The minimum atomic E-state index is -0.505. The molecule has 7 nitrogen and oxygen atoms in total. The van der Waals surface area contributed by atoms with E-state index in [4.69, 9.17) is 9.84 Å². The van der Waals surface area contributed by atoms with Crippen LogP contribution in [0.2, 0.25) is 0 Å². The highest BCUT2D eigenvalue weighted by Crippen LogP contribution is 2.27. The normalized spacial score (nSPS) is 10.2. The van der Waals surface area contributed by atoms with Crippen molar-refractivity contribution in [2.45, 2.75) is 6.42 Å². The van der Waals surface area contributed by atoms with Gasteiger partial charge in [0.05, 0.1) is 12.0 Å². The summed E-state index contributed by atoms with van der Waals surface area (Å²) in [5, 5.41) is 22.8. The lowest BCUT2D eigenvalue weighted by Crippen LogP contribution is -2.01. The van der Waals surface area contributed by atoms with Crippen LogP contribution in [-0.4, -0.2) is 28.7 Å². The third kappa shape index (κ3) is 3.67. The molecule has 7 heteroatoms. The number of nitro groups is 1. The molecule has 0 aliphatic carbocycles. The van der Waals surface area contributed by atoms with Gasteiger partial charge in [-0.1, -0.05) is 12.1 Å². The van der Waals surface area contributed by atoms with Crippen LogP contribution in [0.5, 0.6) is 5.88 Å². The van der Waals surface area contributed by atoms with E-state index in [1.165, 1.54) is 19.2 Å². The average Bonchev–Trinajstić information content (AvgIpc) is 2.49. The van der Waals surface area contributed by atoms with E-state index in [1.54, 1.807) is 12.1 Å². The van der Waals surface area contributed by atoms with Crippen molar-refractivity contribution in [1.82, 2.24) is 4.98 Å². The molecular formula is C14H15N3O4. The van der Waals surface area contributed by atoms with Crippen LogP contribution in [0.1, 0.15) is 5.56 Å². The maximum atomic E-state index is 11.0. The van der Waals surface area contributed by atoms with Gasteiger partial charge in [-0.05, 0) is 24.1 Å². The number of nitrogens with zero attached hydrogens (tertiary/aromatic N) is 2. The van der Waals surface area contributed by atoms with Crippen LogP contribution in [0, 0.1) is 10.1 Å². The van der Waals surface area contributed by atoms with Crippen molar-refractivity contribution in [2.75, 3.05) is 19.0 Å².